The maximum absolute atomic E-state index is 13.5. The van der Waals surface area contributed by atoms with Crippen molar-refractivity contribution in [2.24, 2.45) is 5.92 Å². The van der Waals surface area contributed by atoms with Gasteiger partial charge in [-0.15, -0.1) is 0 Å². The van der Waals surface area contributed by atoms with Crippen LogP contribution in [0.15, 0.2) is 47.4 Å². The minimum absolute atomic E-state index is 0.00425. The van der Waals surface area contributed by atoms with Crippen molar-refractivity contribution in [2.75, 3.05) is 44.8 Å². The maximum Gasteiger partial charge on any atom is 0.262 e. The van der Waals surface area contributed by atoms with E-state index in [9.17, 15) is 21.6 Å². The first-order chi connectivity index (χ1) is 17.2. The lowest BCUT2D eigenvalue weighted by Crippen LogP contribution is -2.48. The van der Waals surface area contributed by atoms with E-state index in [0.717, 1.165) is 6.26 Å². The summed E-state index contributed by atoms with van der Waals surface area (Å²) in [4.78, 5) is 15.1. The second kappa shape index (κ2) is 11.4. The number of nitrogens with one attached hydrogen (secondary N) is 1. The third kappa shape index (κ3) is 6.81. The summed E-state index contributed by atoms with van der Waals surface area (Å²) in [6.07, 6.45) is 0.720. The molecule has 0 aliphatic carbocycles. The van der Waals surface area contributed by atoms with Crippen molar-refractivity contribution in [3.8, 4) is 5.75 Å². The molecule has 37 heavy (non-hydrogen) atoms. The van der Waals surface area contributed by atoms with Crippen molar-refractivity contribution in [1.29, 1.82) is 0 Å². The quantitative estimate of drug-likeness (QED) is 0.604. The number of methoxy groups -OCH3 is 1. The third-order valence-electron chi connectivity index (χ3n) is 6.45. The van der Waals surface area contributed by atoms with Gasteiger partial charge in [0.15, 0.2) is 0 Å². The van der Waals surface area contributed by atoms with E-state index >= 15 is 0 Å². The number of anilines is 1. The lowest BCUT2D eigenvalue weighted by molar-refractivity contribution is 0.0213. The number of rotatable bonds is 5. The van der Waals surface area contributed by atoms with Crippen molar-refractivity contribution >= 4 is 31.6 Å². The molecule has 1 amide bonds. The Morgan fingerprint density at radius 2 is 1.73 bits per heavy atom. The van der Waals surface area contributed by atoms with Gasteiger partial charge in [-0.3, -0.25) is 9.52 Å². The molecule has 0 saturated carbocycles. The number of benzene rings is 2. The molecule has 1 aliphatic rings. The smallest absolute Gasteiger partial charge is 0.262 e. The fourth-order valence-corrected chi connectivity index (χ4v) is 6.85. The Morgan fingerprint density at radius 1 is 1.05 bits per heavy atom. The Morgan fingerprint density at radius 3 is 2.35 bits per heavy atom. The topological polar surface area (TPSA) is 122 Å². The van der Waals surface area contributed by atoms with Gasteiger partial charge < -0.3 is 14.4 Å². The third-order valence-corrected chi connectivity index (χ3v) is 9.35. The van der Waals surface area contributed by atoms with Gasteiger partial charge in [0, 0.05) is 32.9 Å². The van der Waals surface area contributed by atoms with Gasteiger partial charge in [0.05, 0.1) is 28.9 Å². The van der Waals surface area contributed by atoms with Crippen LogP contribution in [-0.2, 0) is 24.8 Å². The number of likely N-dealkylation sites (N-methyl/N-ethyl adjacent to an activating group) is 1. The van der Waals surface area contributed by atoms with Gasteiger partial charge in [0.2, 0.25) is 10.0 Å². The van der Waals surface area contributed by atoms with Crippen molar-refractivity contribution in [2.45, 2.75) is 37.8 Å². The van der Waals surface area contributed by atoms with Crippen molar-refractivity contribution in [3.05, 3.63) is 53.6 Å². The molecule has 10 nitrogen and oxygen atoms in total. The Kier molecular flexibility index (Phi) is 8.89. The number of hydrogen-bond acceptors (Lipinski definition) is 7. The Hall–Kier alpha value is -2.67. The number of sulfonamides is 2. The second-order valence-electron chi connectivity index (χ2n) is 9.51. The first-order valence-electron chi connectivity index (χ1n) is 11.8. The van der Waals surface area contributed by atoms with Gasteiger partial charge in [0.25, 0.3) is 15.9 Å². The molecule has 2 aromatic carbocycles. The first-order valence-corrected chi connectivity index (χ1v) is 15.2. The van der Waals surface area contributed by atoms with Crippen LogP contribution >= 0.6 is 0 Å². The summed E-state index contributed by atoms with van der Waals surface area (Å²) in [7, 11) is -4.32. The van der Waals surface area contributed by atoms with Gasteiger partial charge in [-0.2, -0.15) is 4.31 Å². The second-order valence-corrected chi connectivity index (χ2v) is 13.1. The lowest BCUT2D eigenvalue weighted by atomic mass is 10.0. The van der Waals surface area contributed by atoms with Crippen LogP contribution in [0.3, 0.4) is 0 Å². The molecule has 0 bridgehead atoms. The van der Waals surface area contributed by atoms with E-state index in [1.165, 1.54) is 40.6 Å². The highest BCUT2D eigenvalue weighted by Crippen LogP contribution is 2.28. The molecular weight excluding hydrogens is 518 g/mol. The fraction of sp³-hybridized carbons (Fsp3) is 0.480. The molecular formula is C25H35N3O7S2. The lowest BCUT2D eigenvalue weighted by Gasteiger charge is -2.34. The highest BCUT2D eigenvalue weighted by Gasteiger charge is 2.32. The number of hydrogen-bond donors (Lipinski definition) is 1. The van der Waals surface area contributed by atoms with Crippen LogP contribution < -0.4 is 9.46 Å². The number of fused-ring (bicyclic) bond motifs is 1. The summed E-state index contributed by atoms with van der Waals surface area (Å²) in [6.45, 7) is 5.71. The van der Waals surface area contributed by atoms with Crippen molar-refractivity contribution in [3.63, 3.8) is 0 Å². The van der Waals surface area contributed by atoms with Gasteiger partial charge >= 0.3 is 0 Å². The maximum atomic E-state index is 13.5. The molecule has 1 heterocycles. The SMILES string of the molecule is CO[C@H]1CN(C)C(=O)c2cc(NS(=O)(=O)c3ccccc3C)ccc2OC[C@H](C)N(S(C)(=O)=O)C[C@H]1C. The molecule has 0 aromatic heterocycles. The van der Waals surface area contributed by atoms with Gasteiger partial charge in [-0.1, -0.05) is 25.1 Å². The summed E-state index contributed by atoms with van der Waals surface area (Å²) < 4.78 is 66.6. The van der Waals surface area contributed by atoms with Crippen LogP contribution in [-0.4, -0.2) is 84.2 Å². The zero-order valence-corrected chi connectivity index (χ0v) is 23.6. The van der Waals surface area contributed by atoms with Gasteiger partial charge in [0.1, 0.15) is 12.4 Å². The molecule has 12 heteroatoms. The molecule has 2 aromatic rings. The summed E-state index contributed by atoms with van der Waals surface area (Å²) in [6, 6.07) is 10.5. The zero-order chi connectivity index (χ0) is 27.5. The Balaban J connectivity index is 2.02. The molecule has 1 N–H and O–H groups in total. The van der Waals surface area contributed by atoms with Crippen LogP contribution in [0, 0.1) is 12.8 Å². The summed E-state index contributed by atoms with van der Waals surface area (Å²) in [5.41, 5.74) is 0.931. The van der Waals surface area contributed by atoms with E-state index < -0.39 is 32.2 Å². The normalized spacial score (nSPS) is 22.4. The molecule has 3 rings (SSSR count). The molecule has 0 spiro atoms. The van der Waals surface area contributed by atoms with Crippen LogP contribution in [0.25, 0.3) is 0 Å². The predicted octanol–water partition coefficient (Wildman–Crippen LogP) is 2.56. The summed E-state index contributed by atoms with van der Waals surface area (Å²) in [5, 5.41) is 0. The summed E-state index contributed by atoms with van der Waals surface area (Å²) >= 11 is 0. The fourth-order valence-electron chi connectivity index (χ4n) is 4.34. The van der Waals surface area contributed by atoms with Crippen molar-refractivity contribution < 1.29 is 31.1 Å². The van der Waals surface area contributed by atoms with E-state index in [1.54, 1.807) is 39.1 Å². The van der Waals surface area contributed by atoms with Gasteiger partial charge in [-0.25, -0.2) is 16.8 Å². The monoisotopic (exact) mass is 553 g/mol. The standard InChI is InChI=1S/C25H35N3O7S2/c1-17-9-7-8-10-24(17)37(32,33)26-20-11-12-22-21(13-20)25(29)27(4)15-23(34-5)18(2)14-28(36(6,30)31)19(3)16-35-22/h7-13,18-19,23,26H,14-16H2,1-6H3/t18-,19+,23+/m1/s1. The number of ether oxygens (including phenoxy) is 2. The average Bonchev–Trinajstić information content (AvgIpc) is 2.82. The number of aryl methyl sites for hydroxylation is 1. The minimum atomic E-state index is -3.90. The highest BCUT2D eigenvalue weighted by molar-refractivity contribution is 7.92. The van der Waals surface area contributed by atoms with E-state index in [1.807, 2.05) is 6.92 Å². The molecule has 0 radical (unpaired) electrons. The van der Waals surface area contributed by atoms with E-state index in [0.29, 0.717) is 5.56 Å². The van der Waals surface area contributed by atoms with Crippen molar-refractivity contribution in [1.82, 2.24) is 9.21 Å². The minimum Gasteiger partial charge on any atom is -0.491 e. The largest absolute Gasteiger partial charge is 0.491 e. The van der Waals surface area contributed by atoms with Crippen LogP contribution in [0.5, 0.6) is 5.75 Å². The van der Waals surface area contributed by atoms with E-state index in [-0.39, 0.29) is 53.4 Å². The molecule has 0 fully saturated rings. The first kappa shape index (κ1) is 28.9. The Labute approximate surface area is 219 Å². The van der Waals surface area contributed by atoms with Crippen LogP contribution in [0.4, 0.5) is 5.69 Å². The molecule has 0 saturated heterocycles. The number of carbonyl (C=O) groups is 1. The van der Waals surface area contributed by atoms with Crippen LogP contribution in [0.1, 0.15) is 29.8 Å². The number of amides is 1. The van der Waals surface area contributed by atoms with Gasteiger partial charge in [-0.05, 0) is 49.6 Å². The van der Waals surface area contributed by atoms with E-state index in [2.05, 4.69) is 4.72 Å². The molecule has 0 unspecified atom stereocenters. The van der Waals surface area contributed by atoms with Crippen LogP contribution in [0.2, 0.25) is 0 Å². The highest BCUT2D eigenvalue weighted by atomic mass is 32.2. The molecule has 1 aliphatic heterocycles. The van der Waals surface area contributed by atoms with E-state index in [4.69, 9.17) is 9.47 Å². The predicted molar refractivity (Wildman–Crippen MR) is 142 cm³/mol. The molecule has 204 valence electrons. The zero-order valence-electron chi connectivity index (χ0n) is 22.0. The number of nitrogens with zero attached hydrogens (tertiary/aromatic N) is 2. The Bertz CT molecular complexity index is 1350. The number of carbonyl (C=O) groups excluding carboxylic acids is 1. The molecule has 3 atom stereocenters. The summed E-state index contributed by atoms with van der Waals surface area (Å²) in [5.74, 6) is -0.378. The average molecular weight is 554 g/mol.